The number of amides is 2. The summed E-state index contributed by atoms with van der Waals surface area (Å²) in [7, 11) is 0. The van der Waals surface area contributed by atoms with Crippen LogP contribution >= 0.6 is 0 Å². The van der Waals surface area contributed by atoms with Gasteiger partial charge in [-0.15, -0.1) is 0 Å². The lowest BCUT2D eigenvalue weighted by atomic mass is 9.97. The van der Waals surface area contributed by atoms with E-state index in [0.717, 1.165) is 18.2 Å². The van der Waals surface area contributed by atoms with E-state index >= 15 is 0 Å². The van der Waals surface area contributed by atoms with Gasteiger partial charge in [0.25, 0.3) is 5.91 Å². The van der Waals surface area contributed by atoms with E-state index in [1.54, 1.807) is 27.7 Å². The van der Waals surface area contributed by atoms with Gasteiger partial charge in [0.15, 0.2) is 0 Å². The molecule has 35 heavy (non-hydrogen) atoms. The van der Waals surface area contributed by atoms with Gasteiger partial charge < -0.3 is 14.4 Å². The van der Waals surface area contributed by atoms with Crippen LogP contribution in [0.2, 0.25) is 0 Å². The predicted octanol–water partition coefficient (Wildman–Crippen LogP) is 4.82. The molecule has 11 heteroatoms. The number of hydrogen-bond donors (Lipinski definition) is 2. The third-order valence-corrected chi connectivity index (χ3v) is 5.93. The number of aryl methyl sites for hydroxylation is 1. The van der Waals surface area contributed by atoms with Crippen LogP contribution in [0.5, 0.6) is 0 Å². The van der Waals surface area contributed by atoms with Crippen LogP contribution in [-0.4, -0.2) is 45.4 Å². The standard InChI is InChI=1S/C24H25F3N4O4/c1-23(2)9-12-35-22(34)31(23)17-7-8-19-18(14-17)28-21(30(19)10-4-11-32)29-20(33)15-5-3-6-16(13-15)24(25,26)27/h3,5-8,13-14,32H,4,9-12H2,1-2H3,(H,28,29,33). The molecular formula is C24H25F3N4O4. The number of anilines is 2. The zero-order valence-electron chi connectivity index (χ0n) is 19.2. The normalized spacial score (nSPS) is 15.8. The Labute approximate surface area is 199 Å². The Morgan fingerprint density at radius 1 is 1.23 bits per heavy atom. The van der Waals surface area contributed by atoms with Crippen LogP contribution in [0.15, 0.2) is 42.5 Å². The number of fused-ring (bicyclic) bond motifs is 1. The van der Waals surface area contributed by atoms with Crippen LogP contribution in [0, 0.1) is 0 Å². The summed E-state index contributed by atoms with van der Waals surface area (Å²) in [6.45, 7) is 4.39. The lowest BCUT2D eigenvalue weighted by molar-refractivity contribution is -0.137. The summed E-state index contributed by atoms with van der Waals surface area (Å²) in [4.78, 5) is 31.3. The topological polar surface area (TPSA) is 96.7 Å². The maximum atomic E-state index is 13.1. The highest BCUT2D eigenvalue weighted by Gasteiger charge is 2.37. The Bertz CT molecular complexity index is 1270. The number of cyclic esters (lactones) is 1. The number of alkyl halides is 3. The molecule has 0 radical (unpaired) electrons. The second kappa shape index (κ2) is 9.21. The van der Waals surface area contributed by atoms with Gasteiger partial charge in [-0.3, -0.25) is 15.0 Å². The minimum absolute atomic E-state index is 0.105. The molecule has 1 aromatic heterocycles. The Hall–Kier alpha value is -3.60. The van der Waals surface area contributed by atoms with Crippen molar-refractivity contribution in [3.05, 3.63) is 53.6 Å². The summed E-state index contributed by atoms with van der Waals surface area (Å²) < 4.78 is 46.1. The molecule has 3 aromatic rings. The molecule has 1 aliphatic heterocycles. The Morgan fingerprint density at radius 2 is 2.00 bits per heavy atom. The second-order valence-corrected chi connectivity index (χ2v) is 8.88. The molecule has 2 N–H and O–H groups in total. The number of carbonyl (C=O) groups excluding carboxylic acids is 2. The summed E-state index contributed by atoms with van der Waals surface area (Å²) in [6, 6.07) is 9.30. The molecule has 0 aliphatic carbocycles. The highest BCUT2D eigenvalue weighted by molar-refractivity contribution is 6.04. The fourth-order valence-corrected chi connectivity index (χ4v) is 4.08. The zero-order chi connectivity index (χ0) is 25.4. The number of halogens is 3. The van der Waals surface area contributed by atoms with Crippen LogP contribution in [0.1, 0.15) is 42.6 Å². The van der Waals surface area contributed by atoms with Gasteiger partial charge in [-0.05, 0) is 56.7 Å². The smallest absolute Gasteiger partial charge is 0.416 e. The minimum Gasteiger partial charge on any atom is -0.449 e. The van der Waals surface area contributed by atoms with Gasteiger partial charge in [-0.25, -0.2) is 9.78 Å². The van der Waals surface area contributed by atoms with E-state index in [1.165, 1.54) is 6.07 Å². The van der Waals surface area contributed by atoms with Crippen LogP contribution in [-0.2, 0) is 17.5 Å². The largest absolute Gasteiger partial charge is 0.449 e. The van der Waals surface area contributed by atoms with Crippen LogP contribution in [0.4, 0.5) is 29.6 Å². The van der Waals surface area contributed by atoms with Crippen LogP contribution in [0.25, 0.3) is 11.0 Å². The SMILES string of the molecule is CC1(C)CCOC(=O)N1c1ccc2c(c1)nc(NC(=O)c1cccc(C(F)(F)F)c1)n2CCCO. The molecule has 1 aliphatic rings. The minimum atomic E-state index is -4.58. The molecule has 2 heterocycles. The fourth-order valence-electron chi connectivity index (χ4n) is 4.08. The molecule has 4 rings (SSSR count). The number of nitrogens with one attached hydrogen (secondary N) is 1. The van der Waals surface area contributed by atoms with Crippen molar-refractivity contribution >= 4 is 34.7 Å². The van der Waals surface area contributed by atoms with E-state index in [2.05, 4.69) is 10.3 Å². The Morgan fingerprint density at radius 3 is 2.69 bits per heavy atom. The van der Waals surface area contributed by atoms with Gasteiger partial charge in [0, 0.05) is 36.4 Å². The number of nitrogens with zero attached hydrogens (tertiary/aromatic N) is 3. The van der Waals surface area contributed by atoms with Gasteiger partial charge in [0.1, 0.15) is 0 Å². The number of benzene rings is 2. The molecule has 0 saturated carbocycles. The molecule has 2 amide bonds. The summed E-state index contributed by atoms with van der Waals surface area (Å²) in [5, 5.41) is 11.9. The van der Waals surface area contributed by atoms with Crippen molar-refractivity contribution in [2.75, 3.05) is 23.4 Å². The number of hydrogen-bond acceptors (Lipinski definition) is 5. The lowest BCUT2D eigenvalue weighted by Crippen LogP contribution is -2.52. The van der Waals surface area contributed by atoms with E-state index in [1.807, 2.05) is 13.8 Å². The molecule has 0 atom stereocenters. The first kappa shape index (κ1) is 24.5. The van der Waals surface area contributed by atoms with Gasteiger partial charge in [0.05, 0.1) is 23.2 Å². The van der Waals surface area contributed by atoms with Crippen molar-refractivity contribution in [2.45, 2.75) is 44.9 Å². The third kappa shape index (κ3) is 4.95. The molecule has 0 bridgehead atoms. The summed E-state index contributed by atoms with van der Waals surface area (Å²) in [5.41, 5.74) is 0.0790. The maximum absolute atomic E-state index is 13.1. The molecular weight excluding hydrogens is 465 g/mol. The average Bonchev–Trinajstić information content (AvgIpc) is 3.12. The average molecular weight is 490 g/mol. The quantitative estimate of drug-likeness (QED) is 0.517. The third-order valence-electron chi connectivity index (χ3n) is 5.93. The zero-order valence-corrected chi connectivity index (χ0v) is 19.2. The number of ether oxygens (including phenoxy) is 1. The van der Waals surface area contributed by atoms with E-state index in [-0.39, 0.29) is 18.1 Å². The summed E-state index contributed by atoms with van der Waals surface area (Å²) in [5.74, 6) is -0.633. The van der Waals surface area contributed by atoms with Crippen molar-refractivity contribution in [3.63, 3.8) is 0 Å². The molecule has 1 saturated heterocycles. The first-order valence-electron chi connectivity index (χ1n) is 11.1. The highest BCUT2D eigenvalue weighted by atomic mass is 19.4. The molecule has 8 nitrogen and oxygen atoms in total. The fraction of sp³-hybridized carbons (Fsp3) is 0.375. The molecule has 1 fully saturated rings. The molecule has 186 valence electrons. The lowest BCUT2D eigenvalue weighted by Gasteiger charge is -2.41. The number of rotatable bonds is 6. The monoisotopic (exact) mass is 490 g/mol. The Kier molecular flexibility index (Phi) is 6.46. The van der Waals surface area contributed by atoms with E-state index < -0.39 is 29.3 Å². The van der Waals surface area contributed by atoms with Gasteiger partial charge in [-0.2, -0.15) is 13.2 Å². The summed E-state index contributed by atoms with van der Waals surface area (Å²) in [6.07, 6.45) is -4.05. The molecule has 0 spiro atoms. The highest BCUT2D eigenvalue weighted by Crippen LogP contribution is 2.34. The van der Waals surface area contributed by atoms with Crippen LogP contribution < -0.4 is 10.2 Å². The van der Waals surface area contributed by atoms with Gasteiger partial charge in [-0.1, -0.05) is 6.07 Å². The number of aliphatic hydroxyl groups excluding tert-OH is 1. The first-order valence-corrected chi connectivity index (χ1v) is 11.1. The second-order valence-electron chi connectivity index (χ2n) is 8.88. The van der Waals surface area contributed by atoms with Crippen molar-refractivity contribution < 1.29 is 32.6 Å². The number of carbonyl (C=O) groups is 2. The van der Waals surface area contributed by atoms with E-state index in [9.17, 15) is 27.9 Å². The first-order chi connectivity index (χ1) is 16.5. The van der Waals surface area contributed by atoms with E-state index in [4.69, 9.17) is 4.74 Å². The van der Waals surface area contributed by atoms with Gasteiger partial charge >= 0.3 is 12.3 Å². The van der Waals surface area contributed by atoms with Gasteiger partial charge in [0.2, 0.25) is 5.95 Å². The number of imidazole rings is 1. The van der Waals surface area contributed by atoms with Crippen molar-refractivity contribution in [3.8, 4) is 0 Å². The van der Waals surface area contributed by atoms with Crippen molar-refractivity contribution in [1.29, 1.82) is 0 Å². The van der Waals surface area contributed by atoms with E-state index in [0.29, 0.717) is 42.7 Å². The maximum Gasteiger partial charge on any atom is 0.416 e. The van der Waals surface area contributed by atoms with Crippen LogP contribution in [0.3, 0.4) is 0 Å². The molecule has 0 unspecified atom stereocenters. The molecule has 2 aromatic carbocycles. The predicted molar refractivity (Wildman–Crippen MR) is 123 cm³/mol. The summed E-state index contributed by atoms with van der Waals surface area (Å²) >= 11 is 0. The van der Waals surface area contributed by atoms with Crippen molar-refractivity contribution in [1.82, 2.24) is 9.55 Å². The number of aromatic nitrogens is 2. The Balaban J connectivity index is 1.70. The number of aliphatic hydroxyl groups is 1. The van der Waals surface area contributed by atoms with Crippen molar-refractivity contribution in [2.24, 2.45) is 0 Å².